The van der Waals surface area contributed by atoms with Crippen LogP contribution in [0.2, 0.25) is 0 Å². The highest BCUT2D eigenvalue weighted by Gasteiger charge is 2.25. The van der Waals surface area contributed by atoms with Crippen LogP contribution in [0.1, 0.15) is 50.5 Å². The molecule has 1 aliphatic rings. The molecule has 3 nitrogen and oxygen atoms in total. The van der Waals surface area contributed by atoms with E-state index in [0.717, 1.165) is 38.6 Å². The van der Waals surface area contributed by atoms with Gasteiger partial charge in [-0.15, -0.1) is 0 Å². The first-order valence-electron chi connectivity index (χ1n) is 7.79. The molecule has 3 heteroatoms. The lowest BCUT2D eigenvalue weighted by Gasteiger charge is -2.26. The van der Waals surface area contributed by atoms with E-state index in [-0.39, 0.29) is 17.9 Å². The maximum atomic E-state index is 12.2. The molecular formula is C17H26N2O. The zero-order valence-electron chi connectivity index (χ0n) is 12.3. The van der Waals surface area contributed by atoms with Gasteiger partial charge in [0.05, 0.1) is 0 Å². The Morgan fingerprint density at radius 2 is 2.10 bits per heavy atom. The molecule has 20 heavy (non-hydrogen) atoms. The quantitative estimate of drug-likeness (QED) is 0.867. The van der Waals surface area contributed by atoms with Crippen molar-refractivity contribution >= 4 is 5.91 Å². The first kappa shape index (κ1) is 15.0. The summed E-state index contributed by atoms with van der Waals surface area (Å²) in [7, 11) is 0. The van der Waals surface area contributed by atoms with Crippen molar-refractivity contribution in [3.63, 3.8) is 0 Å². The number of hydrogen-bond donors (Lipinski definition) is 2. The van der Waals surface area contributed by atoms with Crippen molar-refractivity contribution in [3.05, 3.63) is 35.9 Å². The van der Waals surface area contributed by atoms with Gasteiger partial charge in [-0.25, -0.2) is 0 Å². The Morgan fingerprint density at radius 1 is 1.35 bits per heavy atom. The zero-order chi connectivity index (χ0) is 14.4. The largest absolute Gasteiger partial charge is 0.355 e. The number of nitrogens with two attached hydrogens (primary N) is 1. The lowest BCUT2D eigenvalue weighted by Crippen LogP contribution is -2.39. The summed E-state index contributed by atoms with van der Waals surface area (Å²) in [6.07, 6.45) is 5.00. The Balaban J connectivity index is 1.85. The van der Waals surface area contributed by atoms with Crippen LogP contribution >= 0.6 is 0 Å². The predicted molar refractivity (Wildman–Crippen MR) is 82.4 cm³/mol. The van der Waals surface area contributed by atoms with Gasteiger partial charge in [0.25, 0.3) is 0 Å². The number of amides is 1. The van der Waals surface area contributed by atoms with E-state index < -0.39 is 0 Å². The van der Waals surface area contributed by atoms with E-state index >= 15 is 0 Å². The Bertz CT molecular complexity index is 418. The molecular weight excluding hydrogens is 248 g/mol. The van der Waals surface area contributed by atoms with Crippen molar-refractivity contribution in [2.24, 2.45) is 11.7 Å². The lowest BCUT2D eigenvalue weighted by atomic mass is 9.85. The fraction of sp³-hybridized carbons (Fsp3) is 0.588. The number of hydrogen-bond acceptors (Lipinski definition) is 2. The van der Waals surface area contributed by atoms with Crippen LogP contribution in [-0.2, 0) is 4.79 Å². The second-order valence-electron chi connectivity index (χ2n) is 5.88. The molecule has 1 aromatic carbocycles. The maximum absolute atomic E-state index is 12.2. The van der Waals surface area contributed by atoms with Gasteiger partial charge in [-0.1, -0.05) is 43.7 Å². The Kier molecular flexibility index (Phi) is 5.60. The van der Waals surface area contributed by atoms with Gasteiger partial charge in [-0.05, 0) is 31.2 Å². The van der Waals surface area contributed by atoms with Gasteiger partial charge in [0.1, 0.15) is 0 Å². The van der Waals surface area contributed by atoms with Gasteiger partial charge in [0.2, 0.25) is 5.91 Å². The van der Waals surface area contributed by atoms with Gasteiger partial charge < -0.3 is 11.1 Å². The van der Waals surface area contributed by atoms with Crippen LogP contribution in [0.3, 0.4) is 0 Å². The molecule has 3 unspecified atom stereocenters. The topological polar surface area (TPSA) is 55.1 Å². The summed E-state index contributed by atoms with van der Waals surface area (Å²) >= 11 is 0. The molecule has 1 aliphatic carbocycles. The first-order chi connectivity index (χ1) is 9.70. The van der Waals surface area contributed by atoms with E-state index in [4.69, 9.17) is 5.73 Å². The van der Waals surface area contributed by atoms with E-state index in [1.807, 2.05) is 6.07 Å². The maximum Gasteiger partial charge on any atom is 0.223 e. The average Bonchev–Trinajstić information content (AvgIpc) is 2.49. The normalized spacial score (nSPS) is 24.1. The van der Waals surface area contributed by atoms with Crippen LogP contribution in [0.5, 0.6) is 0 Å². The van der Waals surface area contributed by atoms with E-state index in [1.54, 1.807) is 0 Å². The standard InChI is InChI=1S/C17H26N2O/c1-2-13(14-7-4-3-5-8-14)12-19-17(20)15-9-6-10-16(18)11-15/h3-5,7-8,13,15-16H,2,6,9-12,18H2,1H3,(H,19,20). The Labute approximate surface area is 121 Å². The molecule has 1 aromatic rings. The van der Waals surface area contributed by atoms with Crippen LogP contribution in [0, 0.1) is 5.92 Å². The molecule has 110 valence electrons. The molecule has 3 N–H and O–H groups in total. The smallest absolute Gasteiger partial charge is 0.223 e. The minimum absolute atomic E-state index is 0.118. The Morgan fingerprint density at radius 3 is 2.75 bits per heavy atom. The van der Waals surface area contributed by atoms with Gasteiger partial charge in [0.15, 0.2) is 0 Å². The molecule has 0 aromatic heterocycles. The zero-order valence-corrected chi connectivity index (χ0v) is 12.3. The second kappa shape index (κ2) is 7.44. The molecule has 0 aliphatic heterocycles. The monoisotopic (exact) mass is 274 g/mol. The second-order valence-corrected chi connectivity index (χ2v) is 5.88. The van der Waals surface area contributed by atoms with Gasteiger partial charge in [-0.2, -0.15) is 0 Å². The van der Waals surface area contributed by atoms with Crippen LogP contribution < -0.4 is 11.1 Å². The molecule has 1 saturated carbocycles. The van der Waals surface area contributed by atoms with Crippen molar-refractivity contribution in [1.29, 1.82) is 0 Å². The minimum Gasteiger partial charge on any atom is -0.355 e. The summed E-state index contributed by atoms with van der Waals surface area (Å²) in [5.74, 6) is 0.707. The van der Waals surface area contributed by atoms with E-state index in [1.165, 1.54) is 5.56 Å². The number of benzene rings is 1. The number of rotatable bonds is 5. The van der Waals surface area contributed by atoms with Crippen molar-refractivity contribution < 1.29 is 4.79 Å². The molecule has 1 fully saturated rings. The minimum atomic E-state index is 0.118. The molecule has 0 spiro atoms. The highest BCUT2D eigenvalue weighted by molar-refractivity contribution is 5.78. The summed E-state index contributed by atoms with van der Waals surface area (Å²) in [4.78, 5) is 12.2. The van der Waals surface area contributed by atoms with Gasteiger partial charge in [-0.3, -0.25) is 4.79 Å². The molecule has 0 radical (unpaired) electrons. The lowest BCUT2D eigenvalue weighted by molar-refractivity contribution is -0.126. The van der Waals surface area contributed by atoms with Crippen molar-refractivity contribution in [2.45, 2.75) is 51.0 Å². The van der Waals surface area contributed by atoms with Crippen molar-refractivity contribution in [3.8, 4) is 0 Å². The summed E-state index contributed by atoms with van der Waals surface area (Å²) in [6.45, 7) is 2.89. The average molecular weight is 274 g/mol. The third kappa shape index (κ3) is 4.07. The summed E-state index contributed by atoms with van der Waals surface area (Å²) in [5, 5.41) is 3.13. The number of carbonyl (C=O) groups is 1. The fourth-order valence-electron chi connectivity index (χ4n) is 3.06. The van der Waals surface area contributed by atoms with Crippen LogP contribution in [0.15, 0.2) is 30.3 Å². The Hall–Kier alpha value is -1.35. The summed E-state index contributed by atoms with van der Waals surface area (Å²) in [6, 6.07) is 10.6. The van der Waals surface area contributed by atoms with E-state index in [0.29, 0.717) is 5.92 Å². The fourth-order valence-corrected chi connectivity index (χ4v) is 3.06. The molecule has 2 rings (SSSR count). The van der Waals surface area contributed by atoms with Crippen LogP contribution in [0.4, 0.5) is 0 Å². The van der Waals surface area contributed by atoms with E-state index in [2.05, 4.69) is 36.5 Å². The predicted octanol–water partition coefficient (Wildman–Crippen LogP) is 2.81. The van der Waals surface area contributed by atoms with Crippen molar-refractivity contribution in [1.82, 2.24) is 5.32 Å². The van der Waals surface area contributed by atoms with Crippen molar-refractivity contribution in [2.75, 3.05) is 6.54 Å². The highest BCUT2D eigenvalue weighted by atomic mass is 16.1. The SMILES string of the molecule is CCC(CNC(=O)C1CCCC(N)C1)c1ccccc1. The van der Waals surface area contributed by atoms with Crippen LogP contribution in [-0.4, -0.2) is 18.5 Å². The summed E-state index contributed by atoms with van der Waals surface area (Å²) in [5.41, 5.74) is 7.26. The van der Waals surface area contributed by atoms with Gasteiger partial charge >= 0.3 is 0 Å². The number of nitrogens with one attached hydrogen (secondary N) is 1. The molecule has 0 heterocycles. The molecule has 1 amide bonds. The first-order valence-corrected chi connectivity index (χ1v) is 7.79. The van der Waals surface area contributed by atoms with Crippen LogP contribution in [0.25, 0.3) is 0 Å². The highest BCUT2D eigenvalue weighted by Crippen LogP contribution is 2.24. The third-order valence-electron chi connectivity index (χ3n) is 4.37. The summed E-state index contributed by atoms with van der Waals surface area (Å²) < 4.78 is 0. The van der Waals surface area contributed by atoms with E-state index in [9.17, 15) is 4.79 Å². The molecule has 0 bridgehead atoms. The molecule has 3 atom stereocenters. The van der Waals surface area contributed by atoms with Gasteiger partial charge in [0, 0.05) is 24.4 Å². The third-order valence-corrected chi connectivity index (χ3v) is 4.37. The number of carbonyl (C=O) groups excluding carboxylic acids is 1. The molecule has 0 saturated heterocycles.